The van der Waals surface area contributed by atoms with Gasteiger partial charge in [-0.1, -0.05) is 66.2 Å². The summed E-state index contributed by atoms with van der Waals surface area (Å²) in [6.45, 7) is 9.10. The number of hydrogen-bond donors (Lipinski definition) is 2. The Hall–Kier alpha value is -1.18. The van der Waals surface area contributed by atoms with Crippen LogP contribution in [0.1, 0.15) is 91.9 Å². The quantitative estimate of drug-likeness (QED) is 0.375. The van der Waals surface area contributed by atoms with E-state index in [9.17, 15) is 0 Å². The molecule has 0 amide bonds. The fourth-order valence-electron chi connectivity index (χ4n) is 3.31. The highest BCUT2D eigenvalue weighted by molar-refractivity contribution is 5.54. The molecule has 0 fully saturated rings. The van der Waals surface area contributed by atoms with E-state index in [0.29, 0.717) is 12.1 Å². The zero-order valence-corrected chi connectivity index (χ0v) is 16.5. The number of anilines is 2. The molecule has 0 saturated carbocycles. The van der Waals surface area contributed by atoms with Gasteiger partial charge in [0.1, 0.15) is 0 Å². The third-order valence-electron chi connectivity index (χ3n) is 4.71. The van der Waals surface area contributed by atoms with Gasteiger partial charge in [0.2, 0.25) is 0 Å². The van der Waals surface area contributed by atoms with Crippen molar-refractivity contribution >= 4 is 11.4 Å². The molecule has 1 aromatic carbocycles. The lowest BCUT2D eigenvalue weighted by Crippen LogP contribution is -2.20. The van der Waals surface area contributed by atoms with Crippen LogP contribution in [0.5, 0.6) is 0 Å². The zero-order valence-electron chi connectivity index (χ0n) is 16.5. The van der Waals surface area contributed by atoms with Crippen LogP contribution >= 0.6 is 0 Å². The van der Waals surface area contributed by atoms with Crippen molar-refractivity contribution in [2.45, 2.75) is 104 Å². The van der Waals surface area contributed by atoms with E-state index >= 15 is 0 Å². The molecule has 0 heterocycles. The lowest BCUT2D eigenvalue weighted by atomic mass is 10.0. The van der Waals surface area contributed by atoms with E-state index in [0.717, 1.165) is 0 Å². The van der Waals surface area contributed by atoms with Crippen LogP contribution in [0.25, 0.3) is 0 Å². The summed E-state index contributed by atoms with van der Waals surface area (Å²) in [7, 11) is 0. The first-order valence-corrected chi connectivity index (χ1v) is 10.4. The molecule has 1 aromatic rings. The SMILES string of the molecule is CCCCC(CCC)Nc1ccc(NC(CCC)CCCC)cc1. The summed E-state index contributed by atoms with van der Waals surface area (Å²) in [5, 5.41) is 7.45. The summed E-state index contributed by atoms with van der Waals surface area (Å²) in [5.41, 5.74) is 2.52. The van der Waals surface area contributed by atoms with Gasteiger partial charge in [0.25, 0.3) is 0 Å². The van der Waals surface area contributed by atoms with Crippen LogP contribution in [0.15, 0.2) is 24.3 Å². The Kier molecular flexibility index (Phi) is 11.4. The van der Waals surface area contributed by atoms with Gasteiger partial charge in [0.05, 0.1) is 0 Å². The van der Waals surface area contributed by atoms with Crippen molar-refractivity contribution in [2.75, 3.05) is 10.6 Å². The minimum atomic E-state index is 0.617. The van der Waals surface area contributed by atoms with Gasteiger partial charge in [-0.3, -0.25) is 0 Å². The Balaban J connectivity index is 2.56. The van der Waals surface area contributed by atoms with Crippen molar-refractivity contribution in [2.24, 2.45) is 0 Å². The number of benzene rings is 1. The Morgan fingerprint density at radius 1 is 0.583 bits per heavy atom. The fourth-order valence-corrected chi connectivity index (χ4v) is 3.31. The maximum absolute atomic E-state index is 3.73. The largest absolute Gasteiger partial charge is 0.382 e. The minimum absolute atomic E-state index is 0.617. The van der Waals surface area contributed by atoms with Crippen LogP contribution in [0, 0.1) is 0 Å². The van der Waals surface area contributed by atoms with Crippen LogP contribution < -0.4 is 10.6 Å². The molecule has 2 heteroatoms. The molecule has 0 aliphatic rings. The molecule has 0 radical (unpaired) electrons. The van der Waals surface area contributed by atoms with Crippen molar-refractivity contribution in [1.82, 2.24) is 0 Å². The second kappa shape index (κ2) is 13.1. The van der Waals surface area contributed by atoms with Crippen molar-refractivity contribution in [3.8, 4) is 0 Å². The van der Waals surface area contributed by atoms with Crippen LogP contribution in [0.4, 0.5) is 11.4 Å². The van der Waals surface area contributed by atoms with Crippen LogP contribution in [-0.2, 0) is 0 Å². The predicted octanol–water partition coefficient (Wildman–Crippen LogP) is 7.23. The lowest BCUT2D eigenvalue weighted by Gasteiger charge is -2.21. The van der Waals surface area contributed by atoms with Crippen LogP contribution in [-0.4, -0.2) is 12.1 Å². The van der Waals surface area contributed by atoms with Gasteiger partial charge in [-0.2, -0.15) is 0 Å². The first-order valence-electron chi connectivity index (χ1n) is 10.4. The molecule has 0 saturated heterocycles. The van der Waals surface area contributed by atoms with E-state index in [1.54, 1.807) is 0 Å². The van der Waals surface area contributed by atoms with Gasteiger partial charge in [-0.25, -0.2) is 0 Å². The number of unbranched alkanes of at least 4 members (excludes halogenated alkanes) is 2. The average Bonchev–Trinajstić information content (AvgIpc) is 2.59. The average molecular weight is 333 g/mol. The fraction of sp³-hybridized carbons (Fsp3) is 0.727. The molecule has 2 atom stereocenters. The maximum Gasteiger partial charge on any atom is 0.0343 e. The molecule has 0 aliphatic heterocycles. The molecular formula is C22H40N2. The van der Waals surface area contributed by atoms with Crippen molar-refractivity contribution < 1.29 is 0 Å². The normalized spacial score (nSPS) is 13.5. The lowest BCUT2D eigenvalue weighted by molar-refractivity contribution is 0.563. The molecule has 0 aromatic heterocycles. The molecule has 138 valence electrons. The molecule has 2 nitrogen and oxygen atoms in total. The van der Waals surface area contributed by atoms with Gasteiger partial charge in [0, 0.05) is 23.5 Å². The standard InChI is InChI=1S/C22H40N2/c1-5-9-13-19(11-7-3)23-21-15-17-22(18-16-21)24-20(12-8-4)14-10-6-2/h15-20,23-24H,5-14H2,1-4H3. The van der Waals surface area contributed by atoms with E-state index < -0.39 is 0 Å². The highest BCUT2D eigenvalue weighted by Crippen LogP contribution is 2.20. The van der Waals surface area contributed by atoms with Gasteiger partial charge in [-0.05, 0) is 49.9 Å². The van der Waals surface area contributed by atoms with Crippen molar-refractivity contribution in [3.05, 3.63) is 24.3 Å². The van der Waals surface area contributed by atoms with E-state index in [2.05, 4.69) is 62.6 Å². The molecule has 2 N–H and O–H groups in total. The van der Waals surface area contributed by atoms with Crippen molar-refractivity contribution in [3.63, 3.8) is 0 Å². The third-order valence-corrected chi connectivity index (χ3v) is 4.71. The summed E-state index contributed by atoms with van der Waals surface area (Å²) in [6.07, 6.45) is 12.8. The Labute approximate surface area is 150 Å². The van der Waals surface area contributed by atoms with E-state index in [4.69, 9.17) is 0 Å². The molecule has 1 rings (SSSR count). The first kappa shape index (κ1) is 20.9. The number of nitrogens with one attached hydrogen (secondary N) is 2. The summed E-state index contributed by atoms with van der Waals surface area (Å²) in [5.74, 6) is 0. The van der Waals surface area contributed by atoms with E-state index in [1.807, 2.05) is 0 Å². The highest BCUT2D eigenvalue weighted by atomic mass is 14.9. The minimum Gasteiger partial charge on any atom is -0.382 e. The van der Waals surface area contributed by atoms with Gasteiger partial charge in [0.15, 0.2) is 0 Å². The summed E-state index contributed by atoms with van der Waals surface area (Å²) in [4.78, 5) is 0. The van der Waals surface area contributed by atoms with Crippen LogP contribution in [0.2, 0.25) is 0 Å². The smallest absolute Gasteiger partial charge is 0.0343 e. The Morgan fingerprint density at radius 2 is 0.958 bits per heavy atom. The van der Waals surface area contributed by atoms with Crippen LogP contribution in [0.3, 0.4) is 0 Å². The monoisotopic (exact) mass is 332 g/mol. The second-order valence-corrected chi connectivity index (χ2v) is 7.12. The number of hydrogen-bond acceptors (Lipinski definition) is 2. The first-order chi connectivity index (χ1) is 11.7. The molecule has 24 heavy (non-hydrogen) atoms. The highest BCUT2D eigenvalue weighted by Gasteiger charge is 2.09. The molecular weight excluding hydrogens is 292 g/mol. The van der Waals surface area contributed by atoms with E-state index in [-0.39, 0.29) is 0 Å². The Morgan fingerprint density at radius 3 is 1.25 bits per heavy atom. The summed E-state index contributed by atoms with van der Waals surface area (Å²) < 4.78 is 0. The zero-order chi connectivity index (χ0) is 17.6. The summed E-state index contributed by atoms with van der Waals surface area (Å²) in [6, 6.07) is 10.2. The predicted molar refractivity (Wildman–Crippen MR) is 110 cm³/mol. The van der Waals surface area contributed by atoms with Gasteiger partial charge < -0.3 is 10.6 Å². The van der Waals surface area contributed by atoms with Crippen molar-refractivity contribution in [1.29, 1.82) is 0 Å². The molecule has 0 aliphatic carbocycles. The maximum atomic E-state index is 3.73. The van der Waals surface area contributed by atoms with Gasteiger partial charge >= 0.3 is 0 Å². The van der Waals surface area contributed by atoms with E-state index in [1.165, 1.54) is 75.6 Å². The third kappa shape index (κ3) is 8.61. The topological polar surface area (TPSA) is 24.1 Å². The molecule has 2 unspecified atom stereocenters. The number of rotatable bonds is 14. The second-order valence-electron chi connectivity index (χ2n) is 7.12. The Bertz CT molecular complexity index is 360. The molecule has 0 spiro atoms. The summed E-state index contributed by atoms with van der Waals surface area (Å²) >= 11 is 0. The molecule has 0 bridgehead atoms. The van der Waals surface area contributed by atoms with Gasteiger partial charge in [-0.15, -0.1) is 0 Å².